The predicted octanol–water partition coefficient (Wildman–Crippen LogP) is -0.242. The standard InChI is InChI=1S/C10H21N3OS/c1-9(15-10(7-11)8-14)13-5-3-12(2)4-6-13/h10,14H,1,3-8,11H2,2H3. The molecular formula is C10H21N3OS. The summed E-state index contributed by atoms with van der Waals surface area (Å²) in [6.45, 7) is 8.84. The zero-order valence-electron chi connectivity index (χ0n) is 9.35. The second-order valence-corrected chi connectivity index (χ2v) is 5.22. The molecule has 15 heavy (non-hydrogen) atoms. The molecule has 1 fully saturated rings. The highest BCUT2D eigenvalue weighted by atomic mass is 32.2. The predicted molar refractivity (Wildman–Crippen MR) is 65.7 cm³/mol. The van der Waals surface area contributed by atoms with Gasteiger partial charge in [0.25, 0.3) is 0 Å². The number of aliphatic hydroxyl groups is 1. The molecular weight excluding hydrogens is 210 g/mol. The first-order chi connectivity index (χ1) is 7.17. The Morgan fingerprint density at radius 2 is 2.07 bits per heavy atom. The number of rotatable bonds is 5. The van der Waals surface area contributed by atoms with E-state index >= 15 is 0 Å². The van der Waals surface area contributed by atoms with Gasteiger partial charge in [-0.3, -0.25) is 0 Å². The minimum absolute atomic E-state index is 0.0807. The molecule has 5 heteroatoms. The van der Waals surface area contributed by atoms with Crippen molar-refractivity contribution in [2.24, 2.45) is 5.73 Å². The van der Waals surface area contributed by atoms with E-state index in [0.717, 1.165) is 31.2 Å². The highest BCUT2D eigenvalue weighted by Crippen LogP contribution is 2.23. The van der Waals surface area contributed by atoms with E-state index in [0.29, 0.717) is 6.54 Å². The van der Waals surface area contributed by atoms with Gasteiger partial charge < -0.3 is 20.6 Å². The summed E-state index contributed by atoms with van der Waals surface area (Å²) < 4.78 is 0. The summed E-state index contributed by atoms with van der Waals surface area (Å²) in [5.74, 6) is 0. The van der Waals surface area contributed by atoms with Crippen LogP contribution in [-0.2, 0) is 0 Å². The van der Waals surface area contributed by atoms with Crippen LogP contribution >= 0.6 is 11.8 Å². The molecule has 1 atom stereocenters. The van der Waals surface area contributed by atoms with E-state index in [1.54, 1.807) is 11.8 Å². The Labute approximate surface area is 96.1 Å². The molecule has 0 spiro atoms. The van der Waals surface area contributed by atoms with Crippen molar-refractivity contribution < 1.29 is 5.11 Å². The van der Waals surface area contributed by atoms with Gasteiger partial charge in [0.05, 0.1) is 11.6 Å². The molecule has 0 amide bonds. The average Bonchev–Trinajstić information content (AvgIpc) is 2.26. The fraction of sp³-hybridized carbons (Fsp3) is 0.800. The van der Waals surface area contributed by atoms with Crippen LogP contribution < -0.4 is 5.73 Å². The van der Waals surface area contributed by atoms with Gasteiger partial charge in [0.15, 0.2) is 0 Å². The lowest BCUT2D eigenvalue weighted by molar-refractivity contribution is 0.195. The summed E-state index contributed by atoms with van der Waals surface area (Å²) in [5.41, 5.74) is 5.53. The van der Waals surface area contributed by atoms with Crippen LogP contribution in [0.15, 0.2) is 11.6 Å². The Morgan fingerprint density at radius 3 is 2.53 bits per heavy atom. The summed E-state index contributed by atoms with van der Waals surface area (Å²) in [5, 5.41) is 10.2. The van der Waals surface area contributed by atoms with Crippen molar-refractivity contribution in [1.29, 1.82) is 0 Å². The SMILES string of the molecule is C=C(SC(CN)CO)N1CCN(C)CC1. The first kappa shape index (κ1) is 12.8. The largest absolute Gasteiger partial charge is 0.395 e. The first-order valence-corrected chi connectivity index (χ1v) is 6.15. The summed E-state index contributed by atoms with van der Waals surface area (Å²) in [6, 6.07) is 0. The van der Waals surface area contributed by atoms with Crippen LogP contribution in [-0.4, -0.2) is 66.5 Å². The van der Waals surface area contributed by atoms with E-state index in [2.05, 4.69) is 23.4 Å². The Balaban J connectivity index is 2.33. The van der Waals surface area contributed by atoms with Crippen molar-refractivity contribution >= 4 is 11.8 Å². The zero-order valence-corrected chi connectivity index (χ0v) is 10.2. The van der Waals surface area contributed by atoms with Gasteiger partial charge in [0.2, 0.25) is 0 Å². The Kier molecular flexibility index (Phi) is 5.45. The summed E-state index contributed by atoms with van der Waals surface area (Å²) >= 11 is 1.59. The van der Waals surface area contributed by atoms with Gasteiger partial charge in [-0.2, -0.15) is 0 Å². The maximum Gasteiger partial charge on any atom is 0.0639 e. The third-order valence-corrected chi connectivity index (χ3v) is 3.83. The average molecular weight is 231 g/mol. The number of nitrogens with two attached hydrogens (primary N) is 1. The molecule has 1 aliphatic heterocycles. The minimum Gasteiger partial charge on any atom is -0.395 e. The second kappa shape index (κ2) is 6.37. The number of hydrogen-bond acceptors (Lipinski definition) is 5. The molecule has 0 aromatic carbocycles. The van der Waals surface area contributed by atoms with Crippen LogP contribution in [0.2, 0.25) is 0 Å². The maximum atomic E-state index is 9.05. The van der Waals surface area contributed by atoms with Crippen LogP contribution in [0.3, 0.4) is 0 Å². The van der Waals surface area contributed by atoms with Crippen LogP contribution in [0.4, 0.5) is 0 Å². The van der Waals surface area contributed by atoms with Crippen molar-refractivity contribution in [3.8, 4) is 0 Å². The van der Waals surface area contributed by atoms with Crippen molar-refractivity contribution in [2.45, 2.75) is 5.25 Å². The number of thioether (sulfide) groups is 1. The summed E-state index contributed by atoms with van der Waals surface area (Å²) in [7, 11) is 2.13. The fourth-order valence-electron chi connectivity index (χ4n) is 1.48. The Morgan fingerprint density at radius 1 is 1.47 bits per heavy atom. The van der Waals surface area contributed by atoms with Crippen molar-refractivity contribution in [3.63, 3.8) is 0 Å². The van der Waals surface area contributed by atoms with Crippen molar-refractivity contribution in [1.82, 2.24) is 9.80 Å². The van der Waals surface area contributed by atoms with E-state index in [1.165, 1.54) is 0 Å². The number of aliphatic hydroxyl groups excluding tert-OH is 1. The summed E-state index contributed by atoms with van der Waals surface area (Å²) in [6.07, 6.45) is 0. The van der Waals surface area contributed by atoms with E-state index in [4.69, 9.17) is 10.8 Å². The maximum absolute atomic E-state index is 9.05. The van der Waals surface area contributed by atoms with Gasteiger partial charge in [-0.15, -0.1) is 11.8 Å². The van der Waals surface area contributed by atoms with Gasteiger partial charge in [0.1, 0.15) is 0 Å². The highest BCUT2D eigenvalue weighted by molar-refractivity contribution is 8.03. The molecule has 3 N–H and O–H groups in total. The van der Waals surface area contributed by atoms with Crippen molar-refractivity contribution in [2.75, 3.05) is 46.4 Å². The third kappa shape index (κ3) is 4.03. The van der Waals surface area contributed by atoms with Crippen LogP contribution in [0.1, 0.15) is 0 Å². The number of likely N-dealkylation sites (N-methyl/N-ethyl adjacent to an activating group) is 1. The topological polar surface area (TPSA) is 52.7 Å². The van der Waals surface area contributed by atoms with Crippen molar-refractivity contribution in [3.05, 3.63) is 11.6 Å². The minimum atomic E-state index is 0.0807. The van der Waals surface area contributed by atoms with E-state index < -0.39 is 0 Å². The molecule has 1 saturated heterocycles. The molecule has 0 aliphatic carbocycles. The molecule has 1 unspecified atom stereocenters. The molecule has 1 heterocycles. The van der Waals surface area contributed by atoms with Gasteiger partial charge in [-0.05, 0) is 7.05 Å². The van der Waals surface area contributed by atoms with Crippen LogP contribution in [0.5, 0.6) is 0 Å². The zero-order chi connectivity index (χ0) is 11.3. The number of piperazine rings is 1. The highest BCUT2D eigenvalue weighted by Gasteiger charge is 2.17. The van der Waals surface area contributed by atoms with Gasteiger partial charge >= 0.3 is 0 Å². The molecule has 0 saturated carbocycles. The third-order valence-electron chi connectivity index (χ3n) is 2.63. The van der Waals surface area contributed by atoms with Gasteiger partial charge in [-0.1, -0.05) is 6.58 Å². The Hall–Kier alpha value is -0.230. The van der Waals surface area contributed by atoms with Gasteiger partial charge in [-0.25, -0.2) is 0 Å². The van der Waals surface area contributed by atoms with E-state index in [-0.39, 0.29) is 11.9 Å². The molecule has 0 aromatic heterocycles. The normalized spacial score (nSPS) is 20.3. The molecule has 1 rings (SSSR count). The lowest BCUT2D eigenvalue weighted by Gasteiger charge is -2.35. The second-order valence-electron chi connectivity index (χ2n) is 3.84. The molecule has 0 bridgehead atoms. The van der Waals surface area contributed by atoms with E-state index in [9.17, 15) is 0 Å². The molecule has 0 radical (unpaired) electrons. The first-order valence-electron chi connectivity index (χ1n) is 5.27. The fourth-order valence-corrected chi connectivity index (χ4v) is 2.37. The van der Waals surface area contributed by atoms with E-state index in [1.807, 2.05) is 0 Å². The molecule has 0 aromatic rings. The lowest BCUT2D eigenvalue weighted by Crippen LogP contribution is -2.43. The molecule has 88 valence electrons. The van der Waals surface area contributed by atoms with Crippen LogP contribution in [0.25, 0.3) is 0 Å². The van der Waals surface area contributed by atoms with Crippen LogP contribution in [0, 0.1) is 0 Å². The number of nitrogens with zero attached hydrogens (tertiary/aromatic N) is 2. The molecule has 1 aliphatic rings. The monoisotopic (exact) mass is 231 g/mol. The summed E-state index contributed by atoms with van der Waals surface area (Å²) in [4.78, 5) is 4.57. The smallest absolute Gasteiger partial charge is 0.0639 e. The quantitative estimate of drug-likeness (QED) is 0.684. The number of hydrogen-bond donors (Lipinski definition) is 2. The van der Waals surface area contributed by atoms with Gasteiger partial charge in [0, 0.05) is 38.0 Å². The Bertz CT molecular complexity index is 201. The lowest BCUT2D eigenvalue weighted by atomic mass is 10.3. The molecule has 4 nitrogen and oxygen atoms in total.